The fourth-order valence-electron chi connectivity index (χ4n) is 4.43. The molecule has 0 spiro atoms. The molecule has 1 unspecified atom stereocenters. The van der Waals surface area contributed by atoms with Crippen LogP contribution in [0.1, 0.15) is 27.7 Å². The Morgan fingerprint density at radius 2 is 1.70 bits per heavy atom. The van der Waals surface area contributed by atoms with Gasteiger partial charge in [0.05, 0.1) is 16.8 Å². The van der Waals surface area contributed by atoms with Crippen molar-refractivity contribution in [3.8, 4) is 0 Å². The molecule has 1 saturated heterocycles. The molecule has 1 aliphatic rings. The van der Waals surface area contributed by atoms with Crippen molar-refractivity contribution in [3.63, 3.8) is 0 Å². The number of hydrogen-bond acceptors (Lipinski definition) is 3. The second-order valence-corrected chi connectivity index (χ2v) is 9.23. The van der Waals surface area contributed by atoms with E-state index in [1.807, 2.05) is 72.5 Å². The number of piperazine rings is 1. The Balaban J connectivity index is 1.48. The molecule has 6 heteroatoms. The lowest BCUT2D eigenvalue weighted by atomic mass is 10.0. The van der Waals surface area contributed by atoms with Gasteiger partial charge in [-0.1, -0.05) is 65.7 Å². The van der Waals surface area contributed by atoms with Crippen molar-refractivity contribution >= 4 is 45.6 Å². The summed E-state index contributed by atoms with van der Waals surface area (Å²) in [5, 5.41) is 3.43. The molecule has 1 fully saturated rings. The van der Waals surface area contributed by atoms with Crippen molar-refractivity contribution < 1.29 is 4.79 Å². The van der Waals surface area contributed by atoms with Crippen LogP contribution in [0.25, 0.3) is 10.8 Å². The topological polar surface area (TPSA) is 36.4 Å². The molecule has 166 valence electrons. The van der Waals surface area contributed by atoms with E-state index in [0.717, 1.165) is 27.6 Å². The zero-order valence-corrected chi connectivity index (χ0v) is 19.7. The molecule has 33 heavy (non-hydrogen) atoms. The third-order valence-electron chi connectivity index (χ3n) is 6.19. The molecule has 1 atom stereocenters. The number of amides is 1. The fraction of sp³-hybridized carbons (Fsp3) is 0.185. The Morgan fingerprint density at radius 1 is 0.939 bits per heavy atom. The number of carbonyl (C=O) groups excluding carboxylic acids is 1. The largest absolute Gasteiger partial charge is 0.360 e. The predicted molar refractivity (Wildman–Crippen MR) is 135 cm³/mol. The summed E-state index contributed by atoms with van der Waals surface area (Å²) in [5.74, 6) is -0.0608. The third kappa shape index (κ3) is 4.41. The van der Waals surface area contributed by atoms with Crippen LogP contribution < -0.4 is 4.90 Å². The number of aryl methyl sites for hydroxylation is 1. The monoisotopic (exact) mass is 475 g/mol. The molecule has 0 aliphatic carbocycles. The van der Waals surface area contributed by atoms with Gasteiger partial charge in [-0.25, -0.2) is 0 Å². The predicted octanol–water partition coefficient (Wildman–Crippen LogP) is 6.55. The average molecular weight is 476 g/mol. The molecule has 1 aliphatic heterocycles. The Hall–Kier alpha value is -3.08. The summed E-state index contributed by atoms with van der Waals surface area (Å²) in [7, 11) is 0. The second kappa shape index (κ2) is 9.05. The van der Waals surface area contributed by atoms with Gasteiger partial charge in [0.25, 0.3) is 5.91 Å². The van der Waals surface area contributed by atoms with Crippen LogP contribution in [0.5, 0.6) is 0 Å². The van der Waals surface area contributed by atoms with Crippen molar-refractivity contribution in [2.24, 2.45) is 0 Å². The van der Waals surface area contributed by atoms with Crippen LogP contribution in [0.3, 0.4) is 0 Å². The lowest BCUT2D eigenvalue weighted by Gasteiger charge is -2.43. The van der Waals surface area contributed by atoms with Gasteiger partial charge in [0.1, 0.15) is 5.69 Å². The molecular formula is C27H23Cl2N3O. The van der Waals surface area contributed by atoms with Gasteiger partial charge in [0.2, 0.25) is 0 Å². The molecule has 2 heterocycles. The summed E-state index contributed by atoms with van der Waals surface area (Å²) >= 11 is 12.8. The maximum atomic E-state index is 13.4. The number of anilines is 1. The summed E-state index contributed by atoms with van der Waals surface area (Å²) in [5.41, 5.74) is 3.63. The van der Waals surface area contributed by atoms with Gasteiger partial charge in [0, 0.05) is 36.2 Å². The van der Waals surface area contributed by atoms with E-state index in [4.69, 9.17) is 23.2 Å². The smallest absolute Gasteiger partial charge is 0.272 e. The molecule has 4 aromatic rings. The first-order valence-electron chi connectivity index (χ1n) is 10.9. The van der Waals surface area contributed by atoms with Gasteiger partial charge in [0.15, 0.2) is 0 Å². The normalized spacial score (nSPS) is 16.3. The van der Waals surface area contributed by atoms with E-state index in [1.165, 1.54) is 0 Å². The first kappa shape index (κ1) is 21.7. The van der Waals surface area contributed by atoms with E-state index in [-0.39, 0.29) is 11.9 Å². The van der Waals surface area contributed by atoms with Crippen LogP contribution in [0, 0.1) is 6.92 Å². The molecule has 0 N–H and O–H groups in total. The minimum Gasteiger partial charge on any atom is -0.360 e. The molecule has 0 radical (unpaired) electrons. The average Bonchev–Trinajstić information content (AvgIpc) is 2.84. The van der Waals surface area contributed by atoms with E-state index in [1.54, 1.807) is 6.20 Å². The van der Waals surface area contributed by atoms with E-state index in [0.29, 0.717) is 35.4 Å². The standard InChI is InChI=1S/C27H23Cl2N3O/c1-18-6-11-25(23(29)14-18)32-13-12-31(17-26(32)19-7-9-22(28)10-8-19)27(33)24-15-20-4-2-3-5-21(20)16-30-24/h2-11,14-16,26H,12-13,17H2,1H3. The minimum absolute atomic E-state index is 0.0550. The number of carbonyl (C=O) groups is 1. The van der Waals surface area contributed by atoms with Crippen LogP contribution in [-0.4, -0.2) is 35.4 Å². The first-order chi connectivity index (χ1) is 16.0. The number of benzene rings is 3. The highest BCUT2D eigenvalue weighted by atomic mass is 35.5. The van der Waals surface area contributed by atoms with Gasteiger partial charge >= 0.3 is 0 Å². The fourth-order valence-corrected chi connectivity index (χ4v) is 4.90. The van der Waals surface area contributed by atoms with Gasteiger partial charge in [-0.2, -0.15) is 0 Å². The summed E-state index contributed by atoms with van der Waals surface area (Å²) < 4.78 is 0. The van der Waals surface area contributed by atoms with Crippen molar-refractivity contribution in [2.75, 3.05) is 24.5 Å². The molecule has 1 aromatic heterocycles. The summed E-state index contributed by atoms with van der Waals surface area (Å²) in [6.45, 7) is 3.80. The highest BCUT2D eigenvalue weighted by molar-refractivity contribution is 6.33. The number of aromatic nitrogens is 1. The number of nitrogens with zero attached hydrogens (tertiary/aromatic N) is 3. The SMILES string of the molecule is Cc1ccc(N2CCN(C(=O)c3cc4ccccc4cn3)CC2c2ccc(Cl)cc2)c(Cl)c1. The van der Waals surface area contributed by atoms with Crippen LogP contribution in [0.4, 0.5) is 5.69 Å². The third-order valence-corrected chi connectivity index (χ3v) is 6.74. The molecule has 3 aromatic carbocycles. The maximum absolute atomic E-state index is 13.4. The number of pyridine rings is 1. The zero-order chi connectivity index (χ0) is 22.9. The van der Waals surface area contributed by atoms with Crippen LogP contribution >= 0.6 is 23.2 Å². The number of halogens is 2. The molecule has 1 amide bonds. The van der Waals surface area contributed by atoms with Crippen LogP contribution in [-0.2, 0) is 0 Å². The molecular weight excluding hydrogens is 453 g/mol. The van der Waals surface area contributed by atoms with Gasteiger partial charge < -0.3 is 9.80 Å². The highest BCUT2D eigenvalue weighted by Gasteiger charge is 2.32. The second-order valence-electron chi connectivity index (χ2n) is 8.38. The van der Waals surface area contributed by atoms with Gasteiger partial charge in [-0.3, -0.25) is 9.78 Å². The summed E-state index contributed by atoms with van der Waals surface area (Å²) in [6.07, 6.45) is 1.77. The maximum Gasteiger partial charge on any atom is 0.272 e. The Labute approximate surface area is 203 Å². The summed E-state index contributed by atoms with van der Waals surface area (Å²) in [4.78, 5) is 22.0. The minimum atomic E-state index is -0.0608. The lowest BCUT2D eigenvalue weighted by Crippen LogP contribution is -2.50. The first-order valence-corrected chi connectivity index (χ1v) is 11.7. The van der Waals surface area contributed by atoms with Crippen LogP contribution in [0.2, 0.25) is 10.0 Å². The van der Waals surface area contributed by atoms with Gasteiger partial charge in [-0.05, 0) is 53.8 Å². The molecule has 0 bridgehead atoms. The number of fused-ring (bicyclic) bond motifs is 1. The van der Waals surface area contributed by atoms with E-state index in [9.17, 15) is 4.79 Å². The lowest BCUT2D eigenvalue weighted by molar-refractivity contribution is 0.0716. The summed E-state index contributed by atoms with van der Waals surface area (Å²) in [6, 6.07) is 23.7. The Bertz CT molecular complexity index is 1320. The van der Waals surface area contributed by atoms with E-state index < -0.39 is 0 Å². The van der Waals surface area contributed by atoms with Crippen molar-refractivity contribution in [1.29, 1.82) is 0 Å². The molecule has 5 rings (SSSR count). The van der Waals surface area contributed by atoms with Gasteiger partial charge in [-0.15, -0.1) is 0 Å². The van der Waals surface area contributed by atoms with Crippen LogP contribution in [0.15, 0.2) is 79.0 Å². The number of hydrogen-bond donors (Lipinski definition) is 0. The van der Waals surface area contributed by atoms with Crippen molar-refractivity contribution in [1.82, 2.24) is 9.88 Å². The van der Waals surface area contributed by atoms with Crippen molar-refractivity contribution in [3.05, 3.63) is 106 Å². The molecule has 4 nitrogen and oxygen atoms in total. The van der Waals surface area contributed by atoms with E-state index >= 15 is 0 Å². The highest BCUT2D eigenvalue weighted by Crippen LogP contribution is 2.36. The number of rotatable bonds is 3. The molecule has 0 saturated carbocycles. The quantitative estimate of drug-likeness (QED) is 0.336. The zero-order valence-electron chi connectivity index (χ0n) is 18.2. The Kier molecular flexibility index (Phi) is 5.96. The van der Waals surface area contributed by atoms with E-state index in [2.05, 4.69) is 22.0 Å². The van der Waals surface area contributed by atoms with Crippen molar-refractivity contribution in [2.45, 2.75) is 13.0 Å². The Morgan fingerprint density at radius 3 is 2.45 bits per heavy atom.